The maximum atomic E-state index is 13.4. The molecule has 2 aromatic carbocycles. The van der Waals surface area contributed by atoms with E-state index in [0.717, 1.165) is 35.6 Å². The first kappa shape index (κ1) is 19.9. The molecule has 3 aromatic rings. The summed E-state index contributed by atoms with van der Waals surface area (Å²) >= 11 is 6.48. The molecule has 1 aliphatic carbocycles. The molecular weight excluding hydrogens is 391 g/mol. The van der Waals surface area contributed by atoms with Gasteiger partial charge in [-0.1, -0.05) is 30.7 Å². The zero-order chi connectivity index (χ0) is 20.6. The van der Waals surface area contributed by atoms with Gasteiger partial charge in [0.15, 0.2) is 0 Å². The van der Waals surface area contributed by atoms with Gasteiger partial charge in [0.2, 0.25) is 5.88 Å². The maximum Gasteiger partial charge on any atom is 0.221 e. The van der Waals surface area contributed by atoms with Crippen LogP contribution in [-0.2, 0) is 5.41 Å². The fourth-order valence-corrected chi connectivity index (χ4v) is 4.55. The van der Waals surface area contributed by atoms with Crippen molar-refractivity contribution in [3.63, 3.8) is 0 Å². The third-order valence-electron chi connectivity index (χ3n) is 6.02. The lowest BCUT2D eigenvalue weighted by Crippen LogP contribution is -2.57. The highest BCUT2D eigenvalue weighted by Crippen LogP contribution is 2.49. The van der Waals surface area contributed by atoms with E-state index in [0.29, 0.717) is 16.7 Å². The Balaban J connectivity index is 1.57. The summed E-state index contributed by atoms with van der Waals surface area (Å²) in [6.07, 6.45) is 4.07. The number of nitrogens with two attached hydrogens (primary N) is 1. The molecule has 6 heteroatoms. The molecule has 29 heavy (non-hydrogen) atoms. The molecule has 1 aliphatic rings. The predicted octanol–water partition coefficient (Wildman–Crippen LogP) is 5.25. The van der Waals surface area contributed by atoms with E-state index in [4.69, 9.17) is 26.8 Å². The quantitative estimate of drug-likeness (QED) is 0.598. The lowest BCUT2D eigenvalue weighted by Gasteiger charge is -2.51. The van der Waals surface area contributed by atoms with Crippen molar-refractivity contribution in [3.8, 4) is 11.6 Å². The van der Waals surface area contributed by atoms with Crippen LogP contribution >= 0.6 is 11.6 Å². The molecule has 1 fully saturated rings. The Morgan fingerprint density at radius 2 is 1.97 bits per heavy atom. The molecule has 0 spiro atoms. The van der Waals surface area contributed by atoms with E-state index >= 15 is 0 Å². The van der Waals surface area contributed by atoms with E-state index in [2.05, 4.69) is 11.9 Å². The first-order valence-corrected chi connectivity index (χ1v) is 10.1. The van der Waals surface area contributed by atoms with Crippen LogP contribution in [0.3, 0.4) is 0 Å². The number of pyridine rings is 1. The van der Waals surface area contributed by atoms with Gasteiger partial charge in [0.1, 0.15) is 17.7 Å². The number of halogens is 2. The predicted molar refractivity (Wildman–Crippen MR) is 113 cm³/mol. The van der Waals surface area contributed by atoms with Crippen molar-refractivity contribution in [2.45, 2.75) is 43.7 Å². The number of fused-ring (bicyclic) bond motifs is 1. The molecule has 0 saturated heterocycles. The molecule has 1 saturated carbocycles. The maximum absolute atomic E-state index is 13.4. The van der Waals surface area contributed by atoms with Crippen molar-refractivity contribution in [2.24, 2.45) is 5.73 Å². The summed E-state index contributed by atoms with van der Waals surface area (Å²) in [5.41, 5.74) is 7.34. The van der Waals surface area contributed by atoms with Crippen LogP contribution in [0, 0.1) is 5.82 Å². The van der Waals surface area contributed by atoms with Gasteiger partial charge in [-0.25, -0.2) is 9.37 Å². The third kappa shape index (κ3) is 3.53. The molecule has 1 heterocycles. The van der Waals surface area contributed by atoms with Crippen LogP contribution < -0.4 is 15.2 Å². The topological polar surface area (TPSA) is 57.4 Å². The summed E-state index contributed by atoms with van der Waals surface area (Å²) in [5, 5.41) is 2.31. The highest BCUT2D eigenvalue weighted by Gasteiger charge is 2.50. The molecule has 4 rings (SSSR count). The van der Waals surface area contributed by atoms with Gasteiger partial charge < -0.3 is 15.2 Å². The van der Waals surface area contributed by atoms with Crippen LogP contribution in [0.15, 0.2) is 48.7 Å². The number of nitrogens with zero attached hydrogens (tertiary/aromatic N) is 1. The monoisotopic (exact) mass is 414 g/mol. The molecular formula is C23H24ClFN2O2. The molecule has 0 bridgehead atoms. The highest BCUT2D eigenvalue weighted by atomic mass is 35.5. The van der Waals surface area contributed by atoms with Gasteiger partial charge in [-0.15, -0.1) is 0 Å². The van der Waals surface area contributed by atoms with Crippen molar-refractivity contribution >= 4 is 22.4 Å². The van der Waals surface area contributed by atoms with Crippen molar-refractivity contribution < 1.29 is 13.9 Å². The summed E-state index contributed by atoms with van der Waals surface area (Å²) < 4.78 is 24.9. The summed E-state index contributed by atoms with van der Waals surface area (Å²) in [6.45, 7) is 2.08. The minimum atomic E-state index is -0.242. The number of hydrogen-bond donors (Lipinski definition) is 1. The first-order valence-electron chi connectivity index (χ1n) is 9.77. The van der Waals surface area contributed by atoms with E-state index in [1.54, 1.807) is 13.3 Å². The molecule has 0 amide bonds. The van der Waals surface area contributed by atoms with Gasteiger partial charge in [-0.2, -0.15) is 0 Å². The van der Waals surface area contributed by atoms with Gasteiger partial charge in [0.25, 0.3) is 0 Å². The average Bonchev–Trinajstić information content (AvgIpc) is 2.70. The van der Waals surface area contributed by atoms with Gasteiger partial charge in [-0.3, -0.25) is 0 Å². The van der Waals surface area contributed by atoms with Crippen LogP contribution in [0.4, 0.5) is 4.39 Å². The Bertz CT molecular complexity index is 1020. The van der Waals surface area contributed by atoms with Gasteiger partial charge in [0.05, 0.1) is 12.1 Å². The summed E-state index contributed by atoms with van der Waals surface area (Å²) in [5.74, 6) is 0.924. The molecule has 152 valence electrons. The lowest BCUT2D eigenvalue weighted by atomic mass is 9.58. The molecule has 1 aromatic heterocycles. The van der Waals surface area contributed by atoms with Gasteiger partial charge in [-0.05, 0) is 60.5 Å². The smallest absolute Gasteiger partial charge is 0.221 e. The molecule has 0 radical (unpaired) electrons. The Morgan fingerprint density at radius 1 is 1.24 bits per heavy atom. The van der Waals surface area contributed by atoms with Crippen LogP contribution in [0.25, 0.3) is 10.8 Å². The summed E-state index contributed by atoms with van der Waals surface area (Å²) in [7, 11) is 1.58. The SMILES string of the molecule is CCC(N)C1(c2ccc(F)cc2)CC(Oc2cc3ccnc(OC)c3cc2Cl)C1. The second-order valence-corrected chi connectivity index (χ2v) is 8.06. The van der Waals surface area contributed by atoms with Crippen molar-refractivity contribution in [3.05, 3.63) is 65.1 Å². The molecule has 1 atom stereocenters. The van der Waals surface area contributed by atoms with Crippen LogP contribution in [0.5, 0.6) is 11.6 Å². The number of benzene rings is 2. The third-order valence-corrected chi connectivity index (χ3v) is 6.32. The number of hydrogen-bond acceptors (Lipinski definition) is 4. The minimum absolute atomic E-state index is 0.00339. The fourth-order valence-electron chi connectivity index (χ4n) is 4.34. The Labute approximate surface area is 174 Å². The fraction of sp³-hybridized carbons (Fsp3) is 0.348. The van der Waals surface area contributed by atoms with Crippen LogP contribution in [-0.4, -0.2) is 24.2 Å². The van der Waals surface area contributed by atoms with E-state index < -0.39 is 0 Å². The zero-order valence-electron chi connectivity index (χ0n) is 16.5. The van der Waals surface area contributed by atoms with Crippen molar-refractivity contribution in [1.29, 1.82) is 0 Å². The summed E-state index contributed by atoms with van der Waals surface area (Å²) in [6, 6.07) is 12.3. The highest BCUT2D eigenvalue weighted by molar-refractivity contribution is 6.33. The molecule has 0 aliphatic heterocycles. The average molecular weight is 415 g/mol. The molecule has 4 nitrogen and oxygen atoms in total. The largest absolute Gasteiger partial charge is 0.489 e. The number of rotatable bonds is 6. The van der Waals surface area contributed by atoms with Crippen molar-refractivity contribution in [2.75, 3.05) is 7.11 Å². The second-order valence-electron chi connectivity index (χ2n) is 7.65. The van der Waals surface area contributed by atoms with Crippen LogP contribution in [0.2, 0.25) is 5.02 Å². The summed E-state index contributed by atoms with van der Waals surface area (Å²) in [4.78, 5) is 4.21. The van der Waals surface area contributed by atoms with Gasteiger partial charge >= 0.3 is 0 Å². The van der Waals surface area contributed by atoms with Gasteiger partial charge in [0, 0.05) is 23.0 Å². The first-order chi connectivity index (χ1) is 14.0. The number of methoxy groups -OCH3 is 1. The lowest BCUT2D eigenvalue weighted by molar-refractivity contribution is 0.0219. The number of aromatic nitrogens is 1. The molecule has 2 N–H and O–H groups in total. The standard InChI is InChI=1S/C23H24ClFN2O2/c1-3-21(26)23(15-4-6-16(25)7-5-15)12-17(13-23)29-20-10-14-8-9-27-22(28-2)18(14)11-19(20)24/h4-11,17,21H,3,12-13,26H2,1-2H3. The molecule has 1 unspecified atom stereocenters. The Morgan fingerprint density at radius 3 is 2.62 bits per heavy atom. The zero-order valence-corrected chi connectivity index (χ0v) is 17.2. The second kappa shape index (κ2) is 7.81. The van der Waals surface area contributed by atoms with Crippen molar-refractivity contribution in [1.82, 2.24) is 4.98 Å². The number of ether oxygens (including phenoxy) is 2. The normalized spacial score (nSPS) is 22.2. The van der Waals surface area contributed by atoms with E-state index in [1.165, 1.54) is 12.1 Å². The minimum Gasteiger partial charge on any atom is -0.489 e. The van der Waals surface area contributed by atoms with E-state index in [1.807, 2.05) is 30.3 Å². The van der Waals surface area contributed by atoms with E-state index in [9.17, 15) is 4.39 Å². The van der Waals surface area contributed by atoms with Crippen LogP contribution in [0.1, 0.15) is 31.7 Å². The Hall–Kier alpha value is -2.37. The Kier molecular flexibility index (Phi) is 5.36. The van der Waals surface area contributed by atoms with E-state index in [-0.39, 0.29) is 23.4 Å².